The summed E-state index contributed by atoms with van der Waals surface area (Å²) in [4.78, 5) is 11.9. The second kappa shape index (κ2) is 3.98. The van der Waals surface area contributed by atoms with Crippen molar-refractivity contribution in [1.29, 1.82) is 0 Å². The molecule has 1 fully saturated rings. The van der Waals surface area contributed by atoms with Crippen molar-refractivity contribution in [2.24, 2.45) is 0 Å². The van der Waals surface area contributed by atoms with Gasteiger partial charge >= 0.3 is 0 Å². The Bertz CT molecular complexity index is 461. The number of aromatic nitrogens is 1. The van der Waals surface area contributed by atoms with Crippen molar-refractivity contribution in [3.63, 3.8) is 0 Å². The van der Waals surface area contributed by atoms with Crippen LogP contribution in [0.1, 0.15) is 54.0 Å². The number of hydrogen-bond donors (Lipinski definition) is 0. The van der Waals surface area contributed by atoms with Crippen molar-refractivity contribution in [3.8, 4) is 0 Å². The number of aryl methyl sites for hydroxylation is 1. The van der Waals surface area contributed by atoms with E-state index in [2.05, 4.69) is 24.5 Å². The van der Waals surface area contributed by atoms with Gasteiger partial charge in [0.05, 0.1) is 12.1 Å². The van der Waals surface area contributed by atoms with E-state index < -0.39 is 0 Å². The zero-order chi connectivity index (χ0) is 12.0. The molecule has 3 nitrogen and oxygen atoms in total. The lowest BCUT2D eigenvalue weighted by Gasteiger charge is -2.23. The summed E-state index contributed by atoms with van der Waals surface area (Å²) in [6, 6.07) is 2.49. The summed E-state index contributed by atoms with van der Waals surface area (Å²) in [5.41, 5.74) is 3.43. The lowest BCUT2D eigenvalue weighted by molar-refractivity contribution is 0.0965. The van der Waals surface area contributed by atoms with Crippen molar-refractivity contribution in [1.82, 2.24) is 4.57 Å². The van der Waals surface area contributed by atoms with Crippen LogP contribution in [0.2, 0.25) is 0 Å². The highest BCUT2D eigenvalue weighted by atomic mass is 16.5. The van der Waals surface area contributed by atoms with E-state index in [1.54, 1.807) is 0 Å². The van der Waals surface area contributed by atoms with Gasteiger partial charge in [-0.3, -0.25) is 4.79 Å². The number of nitrogens with zero attached hydrogens (tertiary/aromatic N) is 1. The van der Waals surface area contributed by atoms with Gasteiger partial charge in [-0.05, 0) is 39.2 Å². The van der Waals surface area contributed by atoms with E-state index in [4.69, 9.17) is 4.74 Å². The minimum atomic E-state index is 0.266. The summed E-state index contributed by atoms with van der Waals surface area (Å²) in [5, 5.41) is 0. The Morgan fingerprint density at radius 1 is 1.41 bits per heavy atom. The normalized spacial score (nSPS) is 28.5. The van der Waals surface area contributed by atoms with E-state index >= 15 is 0 Å². The highest BCUT2D eigenvalue weighted by Crippen LogP contribution is 2.33. The first-order valence-corrected chi connectivity index (χ1v) is 6.54. The molecule has 2 heterocycles. The number of fused-ring (bicyclic) bond motifs is 1. The maximum Gasteiger partial charge on any atom is 0.164 e. The first-order valence-electron chi connectivity index (χ1n) is 6.54. The van der Waals surface area contributed by atoms with E-state index in [1.807, 2.05) is 0 Å². The van der Waals surface area contributed by atoms with Crippen LogP contribution in [0.15, 0.2) is 6.07 Å². The summed E-state index contributed by atoms with van der Waals surface area (Å²) in [6.45, 7) is 5.08. The number of Topliss-reactive ketones (excluding diaryl/α,β-unsaturated/α-hetero) is 1. The second-order valence-electron chi connectivity index (χ2n) is 5.22. The molecular weight excluding hydrogens is 214 g/mol. The van der Waals surface area contributed by atoms with Gasteiger partial charge in [0.15, 0.2) is 5.78 Å². The topological polar surface area (TPSA) is 31.2 Å². The van der Waals surface area contributed by atoms with E-state index in [-0.39, 0.29) is 6.10 Å². The summed E-state index contributed by atoms with van der Waals surface area (Å²) in [7, 11) is 0. The van der Waals surface area contributed by atoms with E-state index in [1.165, 1.54) is 11.4 Å². The molecule has 1 aromatic rings. The van der Waals surface area contributed by atoms with Gasteiger partial charge in [0.1, 0.15) is 0 Å². The van der Waals surface area contributed by atoms with Gasteiger partial charge in [-0.1, -0.05) is 0 Å². The van der Waals surface area contributed by atoms with Crippen molar-refractivity contribution in [3.05, 3.63) is 23.0 Å². The zero-order valence-electron chi connectivity index (χ0n) is 10.5. The molecule has 17 heavy (non-hydrogen) atoms. The van der Waals surface area contributed by atoms with Gasteiger partial charge in [0, 0.05) is 30.0 Å². The van der Waals surface area contributed by atoms with Crippen molar-refractivity contribution in [2.75, 3.05) is 6.61 Å². The molecular formula is C14H19NO2. The molecule has 3 heteroatoms. The predicted molar refractivity (Wildman–Crippen MR) is 65.5 cm³/mol. The first-order chi connectivity index (χ1) is 8.18. The largest absolute Gasteiger partial charge is 0.376 e. The summed E-state index contributed by atoms with van der Waals surface area (Å²) in [5.74, 6) is 0.319. The van der Waals surface area contributed by atoms with Crippen LogP contribution < -0.4 is 0 Å². The Hall–Kier alpha value is -1.09. The third-order valence-electron chi connectivity index (χ3n) is 4.12. The molecule has 0 spiro atoms. The van der Waals surface area contributed by atoms with Crippen LogP contribution in [0.5, 0.6) is 0 Å². The van der Waals surface area contributed by atoms with Gasteiger partial charge in [-0.2, -0.15) is 0 Å². The molecule has 2 atom stereocenters. The van der Waals surface area contributed by atoms with Crippen LogP contribution in [-0.2, 0) is 11.2 Å². The number of rotatable bonds is 1. The Labute approximate surface area is 102 Å². The zero-order valence-corrected chi connectivity index (χ0v) is 10.5. The monoisotopic (exact) mass is 233 g/mol. The van der Waals surface area contributed by atoms with Gasteiger partial charge in [-0.25, -0.2) is 0 Å². The number of carbonyl (C=O) groups excluding carboxylic acids is 1. The highest BCUT2D eigenvalue weighted by molar-refractivity contribution is 5.98. The highest BCUT2D eigenvalue weighted by Gasteiger charge is 2.31. The molecule has 0 aromatic carbocycles. The van der Waals surface area contributed by atoms with Gasteiger partial charge < -0.3 is 9.30 Å². The summed E-state index contributed by atoms with van der Waals surface area (Å²) < 4.78 is 8.02. The van der Waals surface area contributed by atoms with Gasteiger partial charge in [-0.15, -0.1) is 0 Å². The van der Waals surface area contributed by atoms with Gasteiger partial charge in [0.2, 0.25) is 0 Å². The molecule has 0 saturated carbocycles. The quantitative estimate of drug-likeness (QED) is 0.746. The van der Waals surface area contributed by atoms with Crippen LogP contribution >= 0.6 is 0 Å². The third kappa shape index (κ3) is 1.64. The molecule has 1 aliphatic carbocycles. The molecule has 0 radical (unpaired) electrons. The van der Waals surface area contributed by atoms with E-state index in [9.17, 15) is 4.79 Å². The van der Waals surface area contributed by atoms with Crippen molar-refractivity contribution in [2.45, 2.75) is 51.7 Å². The van der Waals surface area contributed by atoms with Crippen molar-refractivity contribution >= 4 is 5.78 Å². The fourth-order valence-corrected chi connectivity index (χ4v) is 3.27. The number of ether oxygens (including phenoxy) is 1. The Morgan fingerprint density at radius 2 is 2.24 bits per heavy atom. The minimum absolute atomic E-state index is 0.266. The predicted octanol–water partition coefficient (Wildman–Crippen LogP) is 2.67. The Morgan fingerprint density at radius 3 is 2.94 bits per heavy atom. The third-order valence-corrected chi connectivity index (χ3v) is 4.12. The molecule has 2 aliphatic rings. The molecule has 2 unspecified atom stereocenters. The average molecular weight is 233 g/mol. The second-order valence-corrected chi connectivity index (χ2v) is 5.22. The summed E-state index contributed by atoms with van der Waals surface area (Å²) >= 11 is 0. The van der Waals surface area contributed by atoms with Crippen LogP contribution in [0, 0.1) is 6.92 Å². The number of ketones is 1. The Kier molecular flexibility index (Phi) is 2.58. The average Bonchev–Trinajstić information content (AvgIpc) is 2.83. The maximum absolute atomic E-state index is 11.9. The minimum Gasteiger partial charge on any atom is -0.376 e. The van der Waals surface area contributed by atoms with Crippen LogP contribution in [-0.4, -0.2) is 23.1 Å². The fraction of sp³-hybridized carbons (Fsp3) is 0.643. The van der Waals surface area contributed by atoms with Crippen molar-refractivity contribution < 1.29 is 9.53 Å². The molecule has 3 rings (SSSR count). The lowest BCUT2D eigenvalue weighted by atomic mass is 9.96. The van der Waals surface area contributed by atoms with Crippen LogP contribution in [0.25, 0.3) is 0 Å². The smallest absolute Gasteiger partial charge is 0.164 e. The van der Waals surface area contributed by atoms with Crippen LogP contribution in [0.4, 0.5) is 0 Å². The Balaban J connectivity index is 2.07. The SMILES string of the molecule is Cc1cc2c(n1C1CCOC1C)CCCC2=O. The summed E-state index contributed by atoms with van der Waals surface area (Å²) in [6.07, 6.45) is 4.09. The van der Waals surface area contributed by atoms with E-state index in [0.29, 0.717) is 18.2 Å². The molecule has 0 N–H and O–H groups in total. The lowest BCUT2D eigenvalue weighted by Crippen LogP contribution is -2.22. The fourth-order valence-electron chi connectivity index (χ4n) is 3.27. The number of hydrogen-bond acceptors (Lipinski definition) is 2. The maximum atomic E-state index is 11.9. The number of carbonyl (C=O) groups is 1. The first kappa shape index (κ1) is 11.0. The standard InChI is InChI=1S/C14H19NO2/c1-9-8-11-13(4-3-5-14(11)16)15(9)12-6-7-17-10(12)2/h8,10,12H,3-7H2,1-2H3. The van der Waals surface area contributed by atoms with Gasteiger partial charge in [0.25, 0.3) is 0 Å². The molecule has 0 amide bonds. The molecule has 92 valence electrons. The van der Waals surface area contributed by atoms with E-state index in [0.717, 1.165) is 31.4 Å². The molecule has 1 aromatic heterocycles. The molecule has 1 saturated heterocycles. The molecule has 1 aliphatic heterocycles. The van der Waals surface area contributed by atoms with Crippen LogP contribution in [0.3, 0.4) is 0 Å². The molecule has 0 bridgehead atoms.